The maximum absolute atomic E-state index is 12.7. The van der Waals surface area contributed by atoms with Crippen LogP contribution in [0.1, 0.15) is 21.7 Å². The van der Waals surface area contributed by atoms with Crippen LogP contribution in [0.3, 0.4) is 0 Å². The normalized spacial score (nSPS) is 11.7. The molecule has 142 valence electrons. The molecular weight excluding hydrogens is 395 g/mol. The van der Waals surface area contributed by atoms with Crippen molar-refractivity contribution < 1.29 is 17.9 Å². The van der Waals surface area contributed by atoms with Crippen LogP contribution in [-0.4, -0.2) is 11.6 Å². The van der Waals surface area contributed by atoms with Crippen LogP contribution in [0.2, 0.25) is 0 Å². The molecule has 0 spiro atoms. The van der Waals surface area contributed by atoms with Gasteiger partial charge in [0.1, 0.15) is 5.01 Å². The second kappa shape index (κ2) is 8.87. The standard InChI is InChI=1S/C20H17ClF3NOS/c21-12-18-17(13-26-11-10-14-4-2-1-3-5-14)25-19(27-18)15-6-8-16(9-7-15)20(22,23)24/h1-9H,10-13H2. The molecule has 0 amide bonds. The van der Waals surface area contributed by atoms with E-state index in [1.165, 1.54) is 29.0 Å². The van der Waals surface area contributed by atoms with Gasteiger partial charge in [-0.15, -0.1) is 22.9 Å². The van der Waals surface area contributed by atoms with Crippen LogP contribution >= 0.6 is 22.9 Å². The summed E-state index contributed by atoms with van der Waals surface area (Å²) in [4.78, 5) is 5.38. The van der Waals surface area contributed by atoms with Gasteiger partial charge in [-0.05, 0) is 24.1 Å². The SMILES string of the molecule is FC(F)(F)c1ccc(-c2nc(COCCc3ccccc3)c(CCl)s2)cc1. The number of thiazole rings is 1. The average molecular weight is 412 g/mol. The Hall–Kier alpha value is -1.89. The molecule has 3 aromatic rings. The maximum Gasteiger partial charge on any atom is 0.416 e. The lowest BCUT2D eigenvalue weighted by Gasteiger charge is -2.06. The first-order valence-electron chi connectivity index (χ1n) is 8.31. The number of rotatable bonds is 7. The molecular formula is C20H17ClF3NOS. The van der Waals surface area contributed by atoms with Gasteiger partial charge >= 0.3 is 6.18 Å². The molecule has 2 nitrogen and oxygen atoms in total. The second-order valence-corrected chi connectivity index (χ2v) is 7.24. The summed E-state index contributed by atoms with van der Waals surface area (Å²) < 4.78 is 43.8. The monoisotopic (exact) mass is 411 g/mol. The Morgan fingerprint density at radius 3 is 2.33 bits per heavy atom. The molecule has 0 aliphatic heterocycles. The first-order valence-corrected chi connectivity index (χ1v) is 9.66. The summed E-state index contributed by atoms with van der Waals surface area (Å²) in [5, 5.41) is 0.640. The molecule has 0 atom stereocenters. The van der Waals surface area contributed by atoms with E-state index < -0.39 is 11.7 Å². The molecule has 0 aliphatic carbocycles. The number of alkyl halides is 4. The van der Waals surface area contributed by atoms with Crippen molar-refractivity contribution in [3.8, 4) is 10.6 Å². The first kappa shape index (κ1) is 19.9. The molecule has 0 saturated heterocycles. The molecule has 0 saturated carbocycles. The van der Waals surface area contributed by atoms with Gasteiger partial charge in [-0.2, -0.15) is 13.2 Å². The lowest BCUT2D eigenvalue weighted by Crippen LogP contribution is -2.04. The zero-order valence-electron chi connectivity index (χ0n) is 14.3. The third-order valence-corrected chi connectivity index (χ3v) is 5.55. The van der Waals surface area contributed by atoms with Gasteiger partial charge in [0, 0.05) is 10.4 Å². The Morgan fingerprint density at radius 2 is 1.70 bits per heavy atom. The molecule has 0 bridgehead atoms. The quantitative estimate of drug-likeness (QED) is 0.335. The molecule has 3 rings (SSSR count). The van der Waals surface area contributed by atoms with E-state index >= 15 is 0 Å². The lowest BCUT2D eigenvalue weighted by atomic mass is 10.1. The van der Waals surface area contributed by atoms with E-state index in [0.717, 1.165) is 29.1 Å². The molecule has 7 heteroatoms. The van der Waals surface area contributed by atoms with Crippen LogP contribution in [0, 0.1) is 0 Å². The van der Waals surface area contributed by atoms with Crippen LogP contribution in [0.5, 0.6) is 0 Å². The number of hydrogen-bond acceptors (Lipinski definition) is 3. The summed E-state index contributed by atoms with van der Waals surface area (Å²) in [5.41, 5.74) is 1.89. The molecule has 27 heavy (non-hydrogen) atoms. The van der Waals surface area contributed by atoms with Gasteiger partial charge in [0.15, 0.2) is 0 Å². The van der Waals surface area contributed by atoms with Gasteiger partial charge in [0.05, 0.1) is 30.4 Å². The molecule has 1 aromatic heterocycles. The summed E-state index contributed by atoms with van der Waals surface area (Å²) in [6.07, 6.45) is -3.55. The molecule has 0 radical (unpaired) electrons. The van der Waals surface area contributed by atoms with Gasteiger partial charge in [0.2, 0.25) is 0 Å². The van der Waals surface area contributed by atoms with Crippen molar-refractivity contribution in [3.63, 3.8) is 0 Å². The number of hydrogen-bond donors (Lipinski definition) is 0. The van der Waals surface area contributed by atoms with E-state index in [2.05, 4.69) is 4.98 Å². The molecule has 0 fully saturated rings. The van der Waals surface area contributed by atoms with E-state index in [9.17, 15) is 13.2 Å². The number of ether oxygens (including phenoxy) is 1. The molecule has 0 unspecified atom stereocenters. The second-order valence-electron chi connectivity index (χ2n) is 5.89. The van der Waals surface area contributed by atoms with Crippen LogP contribution in [0.25, 0.3) is 10.6 Å². The van der Waals surface area contributed by atoms with Crippen LogP contribution in [-0.2, 0) is 29.8 Å². The van der Waals surface area contributed by atoms with Gasteiger partial charge in [-0.1, -0.05) is 42.5 Å². The fourth-order valence-electron chi connectivity index (χ4n) is 2.53. The fourth-order valence-corrected chi connectivity index (χ4v) is 3.77. The van der Waals surface area contributed by atoms with Crippen molar-refractivity contribution in [2.24, 2.45) is 0 Å². The van der Waals surface area contributed by atoms with Crippen molar-refractivity contribution in [2.45, 2.75) is 25.1 Å². The Kier molecular flexibility index (Phi) is 6.52. The van der Waals surface area contributed by atoms with Crippen molar-refractivity contribution >= 4 is 22.9 Å². The Labute approximate surface area is 164 Å². The molecule has 0 aliphatic rings. The highest BCUT2D eigenvalue weighted by atomic mass is 35.5. The number of halogens is 4. The largest absolute Gasteiger partial charge is 0.416 e. The smallest absolute Gasteiger partial charge is 0.375 e. The zero-order valence-corrected chi connectivity index (χ0v) is 15.9. The van der Waals surface area contributed by atoms with Crippen LogP contribution in [0.15, 0.2) is 54.6 Å². The van der Waals surface area contributed by atoms with E-state index in [1.54, 1.807) is 0 Å². The fraction of sp³-hybridized carbons (Fsp3) is 0.250. The van der Waals surface area contributed by atoms with Crippen LogP contribution < -0.4 is 0 Å². The summed E-state index contributed by atoms with van der Waals surface area (Å²) >= 11 is 7.37. The number of nitrogens with zero attached hydrogens (tertiary/aromatic N) is 1. The van der Waals surface area contributed by atoms with Gasteiger partial charge < -0.3 is 4.74 Å². The predicted molar refractivity (Wildman–Crippen MR) is 102 cm³/mol. The maximum atomic E-state index is 12.7. The van der Waals surface area contributed by atoms with Crippen LogP contribution in [0.4, 0.5) is 13.2 Å². The zero-order chi connectivity index (χ0) is 19.3. The van der Waals surface area contributed by atoms with E-state index in [0.29, 0.717) is 23.8 Å². The van der Waals surface area contributed by atoms with E-state index in [4.69, 9.17) is 16.3 Å². The summed E-state index contributed by atoms with van der Waals surface area (Å²) in [5.74, 6) is 0.287. The van der Waals surface area contributed by atoms with Gasteiger partial charge in [-0.3, -0.25) is 0 Å². The highest BCUT2D eigenvalue weighted by Crippen LogP contribution is 2.33. The van der Waals surface area contributed by atoms with Crippen molar-refractivity contribution in [1.82, 2.24) is 4.98 Å². The highest BCUT2D eigenvalue weighted by molar-refractivity contribution is 7.15. The summed E-state index contributed by atoms with van der Waals surface area (Å²) in [7, 11) is 0. The minimum absolute atomic E-state index is 0.287. The Bertz CT molecular complexity index is 863. The average Bonchev–Trinajstić information content (AvgIpc) is 3.09. The molecule has 0 N–H and O–H groups in total. The van der Waals surface area contributed by atoms with Crippen molar-refractivity contribution in [3.05, 3.63) is 76.3 Å². The molecule has 1 heterocycles. The lowest BCUT2D eigenvalue weighted by molar-refractivity contribution is -0.137. The number of aromatic nitrogens is 1. The third kappa shape index (κ3) is 5.31. The highest BCUT2D eigenvalue weighted by Gasteiger charge is 2.30. The Balaban J connectivity index is 1.64. The Morgan fingerprint density at radius 1 is 1.00 bits per heavy atom. The molecule has 2 aromatic carbocycles. The first-order chi connectivity index (χ1) is 13.0. The summed E-state index contributed by atoms with van der Waals surface area (Å²) in [6.45, 7) is 0.880. The minimum atomic E-state index is -4.35. The minimum Gasteiger partial charge on any atom is -0.375 e. The predicted octanol–water partition coefficient (Wildman–Crippen LogP) is 6.33. The third-order valence-electron chi connectivity index (χ3n) is 3.98. The van der Waals surface area contributed by atoms with E-state index in [-0.39, 0.29) is 5.88 Å². The topological polar surface area (TPSA) is 22.1 Å². The van der Waals surface area contributed by atoms with Gasteiger partial charge in [0.25, 0.3) is 0 Å². The van der Waals surface area contributed by atoms with Crippen molar-refractivity contribution in [2.75, 3.05) is 6.61 Å². The van der Waals surface area contributed by atoms with E-state index in [1.807, 2.05) is 30.3 Å². The number of benzene rings is 2. The van der Waals surface area contributed by atoms with Crippen molar-refractivity contribution in [1.29, 1.82) is 0 Å². The van der Waals surface area contributed by atoms with Gasteiger partial charge in [-0.25, -0.2) is 4.98 Å². The summed E-state index contributed by atoms with van der Waals surface area (Å²) in [6, 6.07) is 15.0.